The van der Waals surface area contributed by atoms with Crippen molar-refractivity contribution in [2.24, 2.45) is 5.92 Å². The van der Waals surface area contributed by atoms with Gasteiger partial charge < -0.3 is 14.2 Å². The van der Waals surface area contributed by atoms with Gasteiger partial charge in [0.05, 0.1) is 19.5 Å². The molecule has 116 valence electrons. The summed E-state index contributed by atoms with van der Waals surface area (Å²) in [6.07, 6.45) is 5.96. The maximum atomic E-state index is 12.4. The Morgan fingerprint density at radius 2 is 2.14 bits per heavy atom. The van der Waals surface area contributed by atoms with E-state index in [1.165, 1.54) is 0 Å². The molecular weight excluding hydrogens is 268 g/mol. The average Bonchev–Trinajstić information content (AvgIpc) is 3.15. The minimum absolute atomic E-state index is 0.256. The summed E-state index contributed by atoms with van der Waals surface area (Å²) in [6.45, 7) is 8.33. The van der Waals surface area contributed by atoms with Crippen molar-refractivity contribution in [3.63, 3.8) is 0 Å². The normalized spacial score (nSPS) is 27.2. The number of carbonyl (C=O) groups excluding carboxylic acids is 1. The SMILES string of the molecule is CC1CN(C(=O)CCn2ccnc2)CC1N1CCOCC1. The van der Waals surface area contributed by atoms with Crippen LogP contribution in [0, 0.1) is 5.92 Å². The number of carbonyl (C=O) groups is 1. The summed E-state index contributed by atoms with van der Waals surface area (Å²) >= 11 is 0. The molecule has 0 bridgehead atoms. The molecular formula is C15H24N4O2. The van der Waals surface area contributed by atoms with Crippen LogP contribution in [-0.4, -0.2) is 70.7 Å². The Kier molecular flexibility index (Phi) is 4.55. The Balaban J connectivity index is 1.51. The Hall–Kier alpha value is -1.40. The Morgan fingerprint density at radius 3 is 2.86 bits per heavy atom. The quantitative estimate of drug-likeness (QED) is 0.808. The zero-order valence-electron chi connectivity index (χ0n) is 12.6. The van der Waals surface area contributed by atoms with Gasteiger partial charge in [-0.3, -0.25) is 9.69 Å². The highest BCUT2D eigenvalue weighted by atomic mass is 16.5. The van der Waals surface area contributed by atoms with Crippen molar-refractivity contribution in [2.45, 2.75) is 25.9 Å². The number of rotatable bonds is 4. The maximum Gasteiger partial charge on any atom is 0.224 e. The molecule has 1 amide bonds. The predicted molar refractivity (Wildman–Crippen MR) is 78.8 cm³/mol. The summed E-state index contributed by atoms with van der Waals surface area (Å²) in [5, 5.41) is 0. The number of aromatic nitrogens is 2. The van der Waals surface area contributed by atoms with Gasteiger partial charge in [0.15, 0.2) is 0 Å². The third kappa shape index (κ3) is 3.44. The van der Waals surface area contributed by atoms with Crippen LogP contribution in [0.5, 0.6) is 0 Å². The molecule has 1 aromatic rings. The lowest BCUT2D eigenvalue weighted by atomic mass is 10.0. The summed E-state index contributed by atoms with van der Waals surface area (Å²) in [4.78, 5) is 20.9. The summed E-state index contributed by atoms with van der Waals surface area (Å²) in [5.41, 5.74) is 0. The first-order valence-electron chi connectivity index (χ1n) is 7.79. The van der Waals surface area contributed by atoms with E-state index in [9.17, 15) is 4.79 Å². The van der Waals surface area contributed by atoms with Crippen LogP contribution >= 0.6 is 0 Å². The van der Waals surface area contributed by atoms with Crippen molar-refractivity contribution in [1.82, 2.24) is 19.4 Å². The zero-order chi connectivity index (χ0) is 14.7. The van der Waals surface area contributed by atoms with Crippen LogP contribution < -0.4 is 0 Å². The molecule has 2 saturated heterocycles. The molecule has 1 aromatic heterocycles. The van der Waals surface area contributed by atoms with Gasteiger partial charge in [-0.25, -0.2) is 4.98 Å². The summed E-state index contributed by atoms with van der Waals surface area (Å²) in [6, 6.07) is 0.492. The standard InChI is InChI=1S/C15H24N4O2/c1-13-10-19(11-14(13)18-6-8-21-9-7-18)15(20)2-4-17-5-3-16-12-17/h3,5,12-14H,2,4,6-11H2,1H3. The number of ether oxygens (including phenoxy) is 1. The van der Waals surface area contributed by atoms with Gasteiger partial charge in [-0.15, -0.1) is 0 Å². The van der Waals surface area contributed by atoms with Gasteiger partial charge in [-0.2, -0.15) is 0 Å². The molecule has 0 aliphatic carbocycles. The molecule has 0 saturated carbocycles. The molecule has 2 fully saturated rings. The number of aryl methyl sites for hydroxylation is 1. The van der Waals surface area contributed by atoms with E-state index in [4.69, 9.17) is 4.74 Å². The first-order chi connectivity index (χ1) is 10.2. The molecule has 6 nitrogen and oxygen atoms in total. The van der Waals surface area contributed by atoms with Gasteiger partial charge in [0, 0.05) is 57.6 Å². The molecule has 3 heterocycles. The largest absolute Gasteiger partial charge is 0.379 e. The molecule has 2 atom stereocenters. The average molecular weight is 292 g/mol. The number of imidazole rings is 1. The molecule has 0 aromatic carbocycles. The highest BCUT2D eigenvalue weighted by Gasteiger charge is 2.36. The minimum atomic E-state index is 0.256. The van der Waals surface area contributed by atoms with E-state index in [2.05, 4.69) is 16.8 Å². The second-order valence-corrected chi connectivity index (χ2v) is 6.04. The molecule has 0 N–H and O–H groups in total. The highest BCUT2D eigenvalue weighted by Crippen LogP contribution is 2.23. The van der Waals surface area contributed by atoms with Gasteiger partial charge in [0.25, 0.3) is 0 Å². The summed E-state index contributed by atoms with van der Waals surface area (Å²) in [7, 11) is 0. The molecule has 2 aliphatic heterocycles. The van der Waals surface area contributed by atoms with Gasteiger partial charge >= 0.3 is 0 Å². The summed E-state index contributed by atoms with van der Waals surface area (Å²) in [5.74, 6) is 0.798. The fourth-order valence-electron chi connectivity index (χ4n) is 3.34. The van der Waals surface area contributed by atoms with Crippen LogP contribution in [0.25, 0.3) is 0 Å². The van der Waals surface area contributed by atoms with Crippen molar-refractivity contribution >= 4 is 5.91 Å². The fourth-order valence-corrected chi connectivity index (χ4v) is 3.34. The predicted octanol–water partition coefficient (Wildman–Crippen LogP) is 0.452. The van der Waals surface area contributed by atoms with Crippen LogP contribution in [0.15, 0.2) is 18.7 Å². The van der Waals surface area contributed by atoms with Crippen LogP contribution in [0.1, 0.15) is 13.3 Å². The fraction of sp³-hybridized carbons (Fsp3) is 0.733. The topological polar surface area (TPSA) is 50.6 Å². The maximum absolute atomic E-state index is 12.4. The Bertz CT molecular complexity index is 456. The van der Waals surface area contributed by atoms with E-state index in [0.717, 1.165) is 39.4 Å². The van der Waals surface area contributed by atoms with Gasteiger partial charge in [0.1, 0.15) is 0 Å². The lowest BCUT2D eigenvalue weighted by Gasteiger charge is -2.34. The first-order valence-corrected chi connectivity index (χ1v) is 7.79. The number of hydrogen-bond donors (Lipinski definition) is 0. The molecule has 2 aliphatic rings. The molecule has 6 heteroatoms. The molecule has 3 rings (SSSR count). The summed E-state index contributed by atoms with van der Waals surface area (Å²) < 4.78 is 7.37. The molecule has 0 radical (unpaired) electrons. The number of amides is 1. The van der Waals surface area contributed by atoms with E-state index in [-0.39, 0.29) is 5.91 Å². The minimum Gasteiger partial charge on any atom is -0.379 e. The third-order valence-corrected chi connectivity index (χ3v) is 4.58. The Labute approximate surface area is 125 Å². The van der Waals surface area contributed by atoms with Crippen LogP contribution in [-0.2, 0) is 16.1 Å². The number of nitrogens with zero attached hydrogens (tertiary/aromatic N) is 4. The Morgan fingerprint density at radius 1 is 1.33 bits per heavy atom. The van der Waals surface area contributed by atoms with E-state index in [0.29, 0.717) is 24.9 Å². The van der Waals surface area contributed by atoms with Gasteiger partial charge in [0.2, 0.25) is 5.91 Å². The van der Waals surface area contributed by atoms with E-state index >= 15 is 0 Å². The number of hydrogen-bond acceptors (Lipinski definition) is 4. The van der Waals surface area contributed by atoms with Crippen molar-refractivity contribution < 1.29 is 9.53 Å². The van der Waals surface area contributed by atoms with Crippen molar-refractivity contribution in [1.29, 1.82) is 0 Å². The van der Waals surface area contributed by atoms with Crippen molar-refractivity contribution in [2.75, 3.05) is 39.4 Å². The van der Waals surface area contributed by atoms with Gasteiger partial charge in [-0.05, 0) is 5.92 Å². The van der Waals surface area contributed by atoms with Gasteiger partial charge in [-0.1, -0.05) is 6.92 Å². The van der Waals surface area contributed by atoms with E-state index in [1.807, 2.05) is 15.7 Å². The first kappa shape index (κ1) is 14.5. The van der Waals surface area contributed by atoms with Crippen molar-refractivity contribution in [3.05, 3.63) is 18.7 Å². The van der Waals surface area contributed by atoms with E-state index < -0.39 is 0 Å². The number of likely N-dealkylation sites (tertiary alicyclic amines) is 1. The van der Waals surface area contributed by atoms with E-state index in [1.54, 1.807) is 12.5 Å². The smallest absolute Gasteiger partial charge is 0.224 e. The monoisotopic (exact) mass is 292 g/mol. The third-order valence-electron chi connectivity index (χ3n) is 4.58. The molecule has 21 heavy (non-hydrogen) atoms. The number of morpholine rings is 1. The van der Waals surface area contributed by atoms with Crippen LogP contribution in [0.4, 0.5) is 0 Å². The lowest BCUT2D eigenvalue weighted by molar-refractivity contribution is -0.130. The van der Waals surface area contributed by atoms with Crippen molar-refractivity contribution in [3.8, 4) is 0 Å². The second-order valence-electron chi connectivity index (χ2n) is 6.04. The second kappa shape index (κ2) is 6.58. The molecule has 2 unspecified atom stereocenters. The highest BCUT2D eigenvalue weighted by molar-refractivity contribution is 5.76. The zero-order valence-corrected chi connectivity index (χ0v) is 12.6. The van der Waals surface area contributed by atoms with Crippen LogP contribution in [0.3, 0.4) is 0 Å². The van der Waals surface area contributed by atoms with Crippen LogP contribution in [0.2, 0.25) is 0 Å². The molecule has 0 spiro atoms. The lowest BCUT2D eigenvalue weighted by Crippen LogP contribution is -2.47.